The molecular weight excluding hydrogens is 679 g/mol. The van der Waals surface area contributed by atoms with Gasteiger partial charge >= 0.3 is 7.60 Å². The molecular formula is C41H83N2O8P. The first-order chi connectivity index (χ1) is 25.2. The van der Waals surface area contributed by atoms with Crippen LogP contribution in [0.4, 0.5) is 0 Å². The van der Waals surface area contributed by atoms with Crippen molar-refractivity contribution >= 4 is 13.5 Å². The average molecular weight is 763 g/mol. The van der Waals surface area contributed by atoms with Crippen molar-refractivity contribution in [3.8, 4) is 0 Å². The predicted octanol–water partition coefficient (Wildman–Crippen LogP) is 8.44. The van der Waals surface area contributed by atoms with Crippen LogP contribution in [0.25, 0.3) is 0 Å². The van der Waals surface area contributed by atoms with E-state index in [-0.39, 0.29) is 25.5 Å². The lowest BCUT2D eigenvalue weighted by molar-refractivity contribution is -0.121. The molecule has 0 aliphatic carbocycles. The lowest BCUT2D eigenvalue weighted by Crippen LogP contribution is -2.38. The van der Waals surface area contributed by atoms with E-state index in [9.17, 15) is 34.7 Å². The fraction of sp³-hybridized carbons (Fsp3) is 0.976. The van der Waals surface area contributed by atoms with Crippen LogP contribution < -0.4 is 10.6 Å². The van der Waals surface area contributed by atoms with Crippen LogP contribution in [0.1, 0.15) is 200 Å². The van der Waals surface area contributed by atoms with Gasteiger partial charge in [0.15, 0.2) is 0 Å². The summed E-state index contributed by atoms with van der Waals surface area (Å²) in [4.78, 5) is 22.2. The lowest BCUT2D eigenvalue weighted by Gasteiger charge is -2.21. The Balaban J connectivity index is 1.79. The Morgan fingerprint density at radius 2 is 1.04 bits per heavy atom. The largest absolute Gasteiger partial charge is 0.395 e. The molecule has 0 aromatic heterocycles. The molecule has 1 rings (SSSR count). The maximum Gasteiger partial charge on any atom is 0.330 e. The van der Waals surface area contributed by atoms with E-state index in [1.165, 1.54) is 154 Å². The molecule has 10 nitrogen and oxygen atoms in total. The highest BCUT2D eigenvalue weighted by Crippen LogP contribution is 2.43. The summed E-state index contributed by atoms with van der Waals surface area (Å²) in [5.41, 5.74) is 0. The number of aliphatic hydroxyl groups excluding tert-OH is 4. The van der Waals surface area contributed by atoms with Gasteiger partial charge in [-0.05, 0) is 19.3 Å². The van der Waals surface area contributed by atoms with E-state index in [4.69, 9.17) is 4.52 Å². The van der Waals surface area contributed by atoms with Gasteiger partial charge in [0.25, 0.3) is 0 Å². The molecule has 0 bridgehead atoms. The molecule has 0 aromatic carbocycles. The summed E-state index contributed by atoms with van der Waals surface area (Å²) in [6, 6.07) is -1.42. The number of nitrogens with one attached hydrogen (secondary N) is 2. The van der Waals surface area contributed by atoms with E-state index in [1.807, 2.05) is 0 Å². The molecule has 1 amide bonds. The number of hydrogen-bond donors (Lipinski definition) is 7. The van der Waals surface area contributed by atoms with Crippen LogP contribution in [0.5, 0.6) is 0 Å². The predicted molar refractivity (Wildman–Crippen MR) is 214 cm³/mol. The molecule has 7 N–H and O–H groups in total. The summed E-state index contributed by atoms with van der Waals surface area (Å²) in [6.45, 7) is 2.23. The van der Waals surface area contributed by atoms with Crippen molar-refractivity contribution in [2.24, 2.45) is 0 Å². The van der Waals surface area contributed by atoms with Gasteiger partial charge in [0, 0.05) is 19.0 Å². The third-order valence-electron chi connectivity index (χ3n) is 10.7. The molecule has 1 aliphatic rings. The molecule has 0 saturated carbocycles. The van der Waals surface area contributed by atoms with Gasteiger partial charge in [-0.2, -0.15) is 0 Å². The van der Waals surface area contributed by atoms with Crippen LogP contribution in [0.2, 0.25) is 0 Å². The van der Waals surface area contributed by atoms with Crippen LogP contribution >= 0.6 is 7.60 Å². The Bertz CT molecular complexity index is 869. The molecule has 1 aliphatic heterocycles. The number of aliphatic hydroxyl groups is 4. The summed E-state index contributed by atoms with van der Waals surface area (Å²) in [5, 5.41) is 44.9. The summed E-state index contributed by atoms with van der Waals surface area (Å²) >= 11 is 0. The number of unbranched alkanes of at least 4 members (excludes halogenated alkanes) is 26. The number of rotatable bonds is 38. The highest BCUT2D eigenvalue weighted by atomic mass is 31.2. The van der Waals surface area contributed by atoms with Crippen molar-refractivity contribution in [3.05, 3.63) is 0 Å². The molecule has 1 saturated heterocycles. The first-order valence-electron chi connectivity index (χ1n) is 21.8. The molecule has 1 heterocycles. The second-order valence-corrected chi connectivity index (χ2v) is 17.6. The van der Waals surface area contributed by atoms with Crippen molar-refractivity contribution in [2.45, 2.75) is 230 Å². The Labute approximate surface area is 318 Å². The van der Waals surface area contributed by atoms with Gasteiger partial charge < -0.3 is 40.5 Å². The van der Waals surface area contributed by atoms with Gasteiger partial charge in [-0.3, -0.25) is 9.36 Å². The first-order valence-corrected chi connectivity index (χ1v) is 23.6. The van der Waals surface area contributed by atoms with Crippen molar-refractivity contribution < 1.29 is 39.2 Å². The van der Waals surface area contributed by atoms with E-state index in [0.29, 0.717) is 19.4 Å². The van der Waals surface area contributed by atoms with E-state index < -0.39 is 44.2 Å². The maximum absolute atomic E-state index is 12.3. The highest BCUT2D eigenvalue weighted by Gasteiger charge is 2.41. The zero-order valence-corrected chi connectivity index (χ0v) is 34.2. The van der Waals surface area contributed by atoms with Gasteiger partial charge in [0.2, 0.25) is 5.91 Å². The van der Waals surface area contributed by atoms with Crippen molar-refractivity contribution in [1.29, 1.82) is 0 Å². The second kappa shape index (κ2) is 33.7. The zero-order valence-electron chi connectivity index (χ0n) is 33.3. The standard InChI is InChI=1S/C41H83N2O8P/c1-2-3-4-5-6-7-8-9-10-11-12-13-14-15-16-17-18-19-20-21-22-23-24-25-26-27-28-30-39(46)42-31-29-32-51-52(49,50)35-36(45)33-37-40(47)41(48)38(34-44)43-37/h36-38,40-41,43-45,47-48H,2-35H2,1H3,(H,42,46)(H,49,50)/t36-,37-,38-,40-,41-/m1/s1. The molecule has 6 atom stereocenters. The van der Waals surface area contributed by atoms with Crippen LogP contribution in [0, 0.1) is 0 Å². The number of carbonyl (C=O) groups excluding carboxylic acids is 1. The van der Waals surface area contributed by atoms with Crippen molar-refractivity contribution in [2.75, 3.05) is 25.9 Å². The number of carbonyl (C=O) groups is 1. The quantitative estimate of drug-likeness (QED) is 0.0241. The Morgan fingerprint density at radius 1 is 0.654 bits per heavy atom. The Kier molecular flexibility index (Phi) is 32.1. The monoisotopic (exact) mass is 763 g/mol. The van der Waals surface area contributed by atoms with Gasteiger partial charge in [0.1, 0.15) is 0 Å². The molecule has 11 heteroatoms. The smallest absolute Gasteiger partial charge is 0.330 e. The number of amides is 1. The van der Waals surface area contributed by atoms with Crippen molar-refractivity contribution in [3.63, 3.8) is 0 Å². The van der Waals surface area contributed by atoms with Crippen LogP contribution in [0.15, 0.2) is 0 Å². The normalized spacial score (nSPS) is 20.7. The summed E-state index contributed by atoms with van der Waals surface area (Å²) < 4.78 is 17.4. The number of hydrogen-bond acceptors (Lipinski definition) is 8. The zero-order chi connectivity index (χ0) is 38.1. The second-order valence-electron chi connectivity index (χ2n) is 15.7. The van der Waals surface area contributed by atoms with E-state index in [2.05, 4.69) is 17.6 Å². The van der Waals surface area contributed by atoms with E-state index >= 15 is 0 Å². The SMILES string of the molecule is CCCCCCCCCCCCCCCCCCCCCCCCCCCCCC(=O)NCCCOP(=O)(O)C[C@H](O)C[C@H]1N[C@H](CO)[C@@H](O)[C@@H]1O. The minimum atomic E-state index is -4.07. The lowest BCUT2D eigenvalue weighted by atomic mass is 10.0. The Hall–Kier alpha value is -0.580. The van der Waals surface area contributed by atoms with Gasteiger partial charge in [-0.1, -0.05) is 174 Å². The van der Waals surface area contributed by atoms with Gasteiger partial charge in [0.05, 0.1) is 43.7 Å². The van der Waals surface area contributed by atoms with Crippen molar-refractivity contribution in [1.82, 2.24) is 10.6 Å². The molecule has 1 fully saturated rings. The van der Waals surface area contributed by atoms with Crippen LogP contribution in [-0.2, 0) is 13.9 Å². The van der Waals surface area contributed by atoms with E-state index in [1.54, 1.807) is 0 Å². The molecule has 310 valence electrons. The minimum Gasteiger partial charge on any atom is -0.395 e. The molecule has 0 aromatic rings. The summed E-state index contributed by atoms with van der Waals surface area (Å²) in [7, 11) is -4.07. The molecule has 0 spiro atoms. The fourth-order valence-electron chi connectivity index (χ4n) is 7.38. The first kappa shape index (κ1) is 49.4. The third-order valence-corrected chi connectivity index (χ3v) is 12.2. The molecule has 52 heavy (non-hydrogen) atoms. The van der Waals surface area contributed by atoms with Crippen LogP contribution in [-0.4, -0.2) is 87.5 Å². The van der Waals surface area contributed by atoms with Gasteiger partial charge in [-0.25, -0.2) is 0 Å². The molecule has 1 unspecified atom stereocenters. The molecule has 0 radical (unpaired) electrons. The van der Waals surface area contributed by atoms with Crippen LogP contribution in [0.3, 0.4) is 0 Å². The van der Waals surface area contributed by atoms with E-state index in [0.717, 1.165) is 19.3 Å². The topological polar surface area (TPSA) is 169 Å². The maximum atomic E-state index is 12.3. The average Bonchev–Trinajstić information content (AvgIpc) is 3.38. The van der Waals surface area contributed by atoms with Gasteiger partial charge in [-0.15, -0.1) is 0 Å². The fourth-order valence-corrected chi connectivity index (χ4v) is 8.58. The Morgan fingerprint density at radius 3 is 1.42 bits per heavy atom. The third kappa shape index (κ3) is 27.9. The summed E-state index contributed by atoms with van der Waals surface area (Å²) in [6.07, 6.45) is 33.4. The summed E-state index contributed by atoms with van der Waals surface area (Å²) in [5.74, 6) is -0.0202. The minimum absolute atomic E-state index is 0.0202. The highest BCUT2D eigenvalue weighted by molar-refractivity contribution is 7.52.